The van der Waals surface area contributed by atoms with Crippen LogP contribution in [-0.4, -0.2) is 25.7 Å². The van der Waals surface area contributed by atoms with Gasteiger partial charge in [-0.25, -0.2) is 0 Å². The lowest BCUT2D eigenvalue weighted by molar-refractivity contribution is -0.161. The molecule has 0 unspecified atom stereocenters. The number of halogens is 1. The molecule has 16 heavy (non-hydrogen) atoms. The highest BCUT2D eigenvalue weighted by atomic mass is 32.3. The predicted molar refractivity (Wildman–Crippen MR) is 57.0 cm³/mol. The van der Waals surface area contributed by atoms with Crippen LogP contribution in [0.4, 0.5) is 3.89 Å². The topological polar surface area (TPSA) is 60.4 Å². The predicted octanol–water partition coefficient (Wildman–Crippen LogP) is 1.80. The van der Waals surface area contributed by atoms with Crippen LogP contribution in [0.3, 0.4) is 0 Å². The maximum absolute atomic E-state index is 12.4. The zero-order chi connectivity index (χ0) is 12.6. The Morgan fingerprint density at radius 2 is 1.88 bits per heavy atom. The zero-order valence-electron chi connectivity index (χ0n) is 9.75. The zero-order valence-corrected chi connectivity index (χ0v) is 10.6. The molecule has 4 nitrogen and oxygen atoms in total. The van der Waals surface area contributed by atoms with Crippen molar-refractivity contribution in [1.29, 1.82) is 0 Å². The first-order chi connectivity index (χ1) is 7.04. The molecule has 6 heteroatoms. The molecular formula is C10H17FO4S. The Hall–Kier alpha value is -0.650. The van der Waals surface area contributed by atoms with Gasteiger partial charge in [-0.05, 0) is 40.0 Å². The highest BCUT2D eigenvalue weighted by molar-refractivity contribution is 7.86. The SMILES string of the molecule is CC(C)(C)OC(=O)C1(CCS(=O)(=O)F)CC1. The van der Waals surface area contributed by atoms with Crippen LogP contribution in [0, 0.1) is 5.41 Å². The summed E-state index contributed by atoms with van der Waals surface area (Å²) in [4.78, 5) is 11.7. The number of hydrogen-bond acceptors (Lipinski definition) is 4. The van der Waals surface area contributed by atoms with Gasteiger partial charge in [-0.15, -0.1) is 3.89 Å². The summed E-state index contributed by atoms with van der Waals surface area (Å²) in [7, 11) is -4.50. The summed E-state index contributed by atoms with van der Waals surface area (Å²) in [5.74, 6) is -1.02. The molecule has 1 aliphatic carbocycles. The average molecular weight is 252 g/mol. The fourth-order valence-corrected chi connectivity index (χ4v) is 2.05. The maximum atomic E-state index is 12.4. The summed E-state index contributed by atoms with van der Waals surface area (Å²) in [6.45, 7) is 5.23. The van der Waals surface area contributed by atoms with Crippen molar-refractivity contribution in [3.05, 3.63) is 0 Å². The van der Waals surface area contributed by atoms with Gasteiger partial charge in [0, 0.05) is 0 Å². The van der Waals surface area contributed by atoms with Gasteiger partial charge in [-0.2, -0.15) is 8.42 Å². The van der Waals surface area contributed by atoms with Crippen LogP contribution < -0.4 is 0 Å². The largest absolute Gasteiger partial charge is 0.460 e. The first-order valence-electron chi connectivity index (χ1n) is 5.20. The van der Waals surface area contributed by atoms with Crippen molar-refractivity contribution in [2.24, 2.45) is 5.41 Å². The van der Waals surface area contributed by atoms with Crippen molar-refractivity contribution in [3.8, 4) is 0 Å². The smallest absolute Gasteiger partial charge is 0.312 e. The van der Waals surface area contributed by atoms with Crippen LogP contribution in [0.15, 0.2) is 0 Å². The third kappa shape index (κ3) is 4.08. The number of esters is 1. The molecular weight excluding hydrogens is 235 g/mol. The second kappa shape index (κ2) is 3.98. The molecule has 0 heterocycles. The molecule has 0 aromatic heterocycles. The van der Waals surface area contributed by atoms with E-state index in [4.69, 9.17) is 4.74 Å². The average Bonchev–Trinajstić information content (AvgIpc) is 2.76. The highest BCUT2D eigenvalue weighted by Crippen LogP contribution is 2.50. The number of carbonyl (C=O) groups excluding carboxylic acids is 1. The van der Waals surface area contributed by atoms with Crippen molar-refractivity contribution in [3.63, 3.8) is 0 Å². The van der Waals surface area contributed by atoms with Crippen molar-refractivity contribution >= 4 is 16.2 Å². The first kappa shape index (κ1) is 13.4. The molecule has 0 N–H and O–H groups in total. The fraction of sp³-hybridized carbons (Fsp3) is 0.900. The third-order valence-corrected chi connectivity index (χ3v) is 3.20. The lowest BCUT2D eigenvalue weighted by Crippen LogP contribution is -2.30. The summed E-state index contributed by atoms with van der Waals surface area (Å²) in [5, 5.41) is 0. The molecule has 0 aromatic rings. The minimum Gasteiger partial charge on any atom is -0.460 e. The molecule has 0 spiro atoms. The van der Waals surface area contributed by atoms with E-state index in [1.165, 1.54) is 0 Å². The van der Waals surface area contributed by atoms with Crippen LogP contribution in [-0.2, 0) is 19.8 Å². The Morgan fingerprint density at radius 1 is 1.38 bits per heavy atom. The summed E-state index contributed by atoms with van der Waals surface area (Å²) < 4.78 is 38.3. The van der Waals surface area contributed by atoms with Crippen LogP contribution in [0.25, 0.3) is 0 Å². The lowest BCUT2D eigenvalue weighted by Gasteiger charge is -2.23. The molecule has 1 fully saturated rings. The Bertz CT molecular complexity index is 376. The van der Waals surface area contributed by atoms with Gasteiger partial charge in [-0.3, -0.25) is 4.79 Å². The number of ether oxygens (including phenoxy) is 1. The maximum Gasteiger partial charge on any atom is 0.312 e. The third-order valence-electron chi connectivity index (χ3n) is 2.51. The Labute approximate surface area is 95.4 Å². The summed E-state index contributed by atoms with van der Waals surface area (Å²) in [6, 6.07) is 0. The van der Waals surface area contributed by atoms with E-state index in [-0.39, 0.29) is 6.42 Å². The van der Waals surface area contributed by atoms with Gasteiger partial charge >= 0.3 is 16.2 Å². The fourth-order valence-electron chi connectivity index (χ4n) is 1.41. The summed E-state index contributed by atoms with van der Waals surface area (Å²) in [5.41, 5.74) is -1.35. The van der Waals surface area contributed by atoms with E-state index >= 15 is 0 Å². The molecule has 0 bridgehead atoms. The highest BCUT2D eigenvalue weighted by Gasteiger charge is 2.52. The van der Waals surface area contributed by atoms with Crippen molar-refractivity contribution in [2.45, 2.75) is 45.6 Å². The first-order valence-corrected chi connectivity index (χ1v) is 6.75. The van der Waals surface area contributed by atoms with Gasteiger partial charge in [0.05, 0.1) is 11.2 Å². The Balaban J connectivity index is 2.56. The van der Waals surface area contributed by atoms with Gasteiger partial charge in [-0.1, -0.05) is 0 Å². The number of rotatable bonds is 4. The quantitative estimate of drug-likeness (QED) is 0.565. The van der Waals surface area contributed by atoms with E-state index in [0.29, 0.717) is 12.8 Å². The van der Waals surface area contributed by atoms with Crippen molar-refractivity contribution < 1.29 is 21.8 Å². The molecule has 1 rings (SSSR count). The molecule has 0 saturated heterocycles. The monoisotopic (exact) mass is 252 g/mol. The molecule has 0 aliphatic heterocycles. The lowest BCUT2D eigenvalue weighted by atomic mass is 10.0. The molecule has 0 atom stereocenters. The Kier molecular flexibility index (Phi) is 3.34. The van der Waals surface area contributed by atoms with Gasteiger partial charge in [0.25, 0.3) is 0 Å². The second-order valence-corrected chi connectivity index (χ2v) is 6.76. The molecule has 94 valence electrons. The van der Waals surface area contributed by atoms with Gasteiger partial charge in [0.15, 0.2) is 0 Å². The van der Waals surface area contributed by atoms with Crippen LogP contribution >= 0.6 is 0 Å². The Morgan fingerprint density at radius 3 is 2.19 bits per heavy atom. The molecule has 0 aromatic carbocycles. The summed E-state index contributed by atoms with van der Waals surface area (Å²) >= 11 is 0. The standard InChI is InChI=1S/C10H17FO4S/c1-9(2,3)15-8(12)10(4-5-10)6-7-16(11,13)14/h4-7H2,1-3H3. The van der Waals surface area contributed by atoms with Crippen LogP contribution in [0.5, 0.6) is 0 Å². The van der Waals surface area contributed by atoms with E-state index in [0.717, 1.165) is 0 Å². The molecule has 0 radical (unpaired) electrons. The number of carbonyl (C=O) groups is 1. The minimum atomic E-state index is -4.50. The van der Waals surface area contributed by atoms with E-state index in [2.05, 4.69) is 0 Å². The summed E-state index contributed by atoms with van der Waals surface area (Å²) in [6.07, 6.45) is 1.18. The van der Waals surface area contributed by atoms with Gasteiger partial charge < -0.3 is 4.74 Å². The molecule has 0 amide bonds. The molecule has 1 saturated carbocycles. The van der Waals surface area contributed by atoms with Crippen molar-refractivity contribution in [1.82, 2.24) is 0 Å². The van der Waals surface area contributed by atoms with E-state index in [9.17, 15) is 17.1 Å². The normalized spacial score (nSPS) is 19.2. The number of hydrogen-bond donors (Lipinski definition) is 0. The van der Waals surface area contributed by atoms with Gasteiger partial charge in [0.1, 0.15) is 5.60 Å². The second-order valence-electron chi connectivity index (χ2n) is 5.28. The van der Waals surface area contributed by atoms with E-state index < -0.39 is 33.0 Å². The van der Waals surface area contributed by atoms with E-state index in [1.807, 2.05) is 0 Å². The van der Waals surface area contributed by atoms with Crippen molar-refractivity contribution in [2.75, 3.05) is 5.75 Å². The van der Waals surface area contributed by atoms with Crippen LogP contribution in [0.1, 0.15) is 40.0 Å². The minimum absolute atomic E-state index is 0.0146. The van der Waals surface area contributed by atoms with Gasteiger partial charge in [0.2, 0.25) is 0 Å². The van der Waals surface area contributed by atoms with Crippen LogP contribution in [0.2, 0.25) is 0 Å². The van der Waals surface area contributed by atoms with E-state index in [1.54, 1.807) is 20.8 Å². The molecule has 1 aliphatic rings.